The zero-order valence-electron chi connectivity index (χ0n) is 27.8. The molecule has 0 bridgehead atoms. The van der Waals surface area contributed by atoms with E-state index in [1.807, 2.05) is 0 Å². The summed E-state index contributed by atoms with van der Waals surface area (Å²) in [6, 6.07) is 0. The van der Waals surface area contributed by atoms with Gasteiger partial charge >= 0.3 is 0 Å². The van der Waals surface area contributed by atoms with Crippen molar-refractivity contribution in [2.75, 3.05) is 118 Å². The van der Waals surface area contributed by atoms with E-state index >= 15 is 0 Å². The van der Waals surface area contributed by atoms with E-state index in [1.54, 1.807) is 0 Å². The van der Waals surface area contributed by atoms with Crippen LogP contribution in [0.4, 0.5) is 0 Å². The molecule has 2 atom stereocenters. The molecule has 0 spiro atoms. The summed E-state index contributed by atoms with van der Waals surface area (Å²) in [7, 11) is 0. The minimum Gasteiger partial charge on any atom is -0.389 e. The maximum absolute atomic E-state index is 10.4. The van der Waals surface area contributed by atoms with Crippen molar-refractivity contribution in [1.82, 2.24) is 19.6 Å². The van der Waals surface area contributed by atoms with E-state index < -0.39 is 12.2 Å². The van der Waals surface area contributed by atoms with Gasteiger partial charge in [0.05, 0.1) is 51.7 Å². The topological polar surface area (TPSA) is 96.6 Å². The minimum absolute atomic E-state index is 0.308. The largest absolute Gasteiger partial charge is 0.389 e. The highest BCUT2D eigenvalue weighted by atomic mass is 16.5. The fourth-order valence-electron chi connectivity index (χ4n) is 5.72. The molecule has 246 valence electrons. The zero-order chi connectivity index (χ0) is 30.7. The Balaban J connectivity index is 1.43. The first kappa shape index (κ1) is 37.2. The first-order valence-corrected chi connectivity index (χ1v) is 16.5. The number of aliphatic imine (C=N–C) groups is 2. The van der Waals surface area contributed by atoms with Crippen LogP contribution in [0.5, 0.6) is 0 Å². The number of rotatable bonds is 21. The van der Waals surface area contributed by atoms with Crippen molar-refractivity contribution in [3.63, 3.8) is 0 Å². The van der Waals surface area contributed by atoms with Gasteiger partial charge in [0.25, 0.3) is 0 Å². The lowest BCUT2D eigenvalue weighted by Gasteiger charge is -2.35. The van der Waals surface area contributed by atoms with Crippen molar-refractivity contribution >= 4 is 11.4 Å². The van der Waals surface area contributed by atoms with Crippen LogP contribution in [0, 0.1) is 11.8 Å². The van der Waals surface area contributed by atoms with Gasteiger partial charge in [-0.25, -0.2) is 0 Å². The monoisotopic (exact) mass is 596 g/mol. The molecule has 0 aliphatic carbocycles. The van der Waals surface area contributed by atoms with Crippen molar-refractivity contribution in [2.45, 2.75) is 66.6 Å². The summed E-state index contributed by atoms with van der Waals surface area (Å²) in [4.78, 5) is 19.0. The van der Waals surface area contributed by atoms with Crippen molar-refractivity contribution in [1.29, 1.82) is 0 Å². The average molecular weight is 597 g/mol. The van der Waals surface area contributed by atoms with Crippen molar-refractivity contribution < 1.29 is 19.7 Å². The summed E-state index contributed by atoms with van der Waals surface area (Å²) in [6.45, 7) is 27.6. The van der Waals surface area contributed by atoms with Gasteiger partial charge in [-0.1, -0.05) is 27.7 Å². The highest BCUT2D eigenvalue weighted by Gasteiger charge is 2.20. The standard InChI is InChI=1S/C32H64N6O4/c1-27(2)21-29(5)33-7-9-35-11-15-37(16-12-35)23-31(39)25-41-19-20-42-26-32(40)24-38-17-13-36(14-18-38)10-8-34-30(6)22-28(3)4/h27-28,31-32,39-40H,7-26H2,1-6H3. The van der Waals surface area contributed by atoms with Gasteiger partial charge in [0.15, 0.2) is 0 Å². The average Bonchev–Trinajstić information content (AvgIpc) is 2.92. The van der Waals surface area contributed by atoms with Crippen LogP contribution in [0.1, 0.15) is 54.4 Å². The third-order valence-corrected chi connectivity index (χ3v) is 7.86. The third-order valence-electron chi connectivity index (χ3n) is 7.86. The molecular formula is C32H64N6O4. The lowest BCUT2D eigenvalue weighted by Crippen LogP contribution is -2.49. The number of aliphatic hydroxyl groups excluding tert-OH is 2. The van der Waals surface area contributed by atoms with E-state index in [4.69, 9.17) is 19.5 Å². The lowest BCUT2D eigenvalue weighted by atomic mass is 10.1. The smallest absolute Gasteiger partial charge is 0.0900 e. The van der Waals surface area contributed by atoms with Gasteiger partial charge in [0.1, 0.15) is 0 Å². The Morgan fingerprint density at radius 1 is 0.595 bits per heavy atom. The molecule has 2 aliphatic heterocycles. The fourth-order valence-corrected chi connectivity index (χ4v) is 5.72. The van der Waals surface area contributed by atoms with Crippen LogP contribution in [0.2, 0.25) is 0 Å². The van der Waals surface area contributed by atoms with Crippen LogP contribution in [0.3, 0.4) is 0 Å². The minimum atomic E-state index is -0.500. The first-order valence-electron chi connectivity index (χ1n) is 16.5. The van der Waals surface area contributed by atoms with Crippen LogP contribution in [0.25, 0.3) is 0 Å². The summed E-state index contributed by atoms with van der Waals surface area (Å²) < 4.78 is 11.3. The van der Waals surface area contributed by atoms with E-state index in [0.29, 0.717) is 51.4 Å². The Morgan fingerprint density at radius 2 is 0.929 bits per heavy atom. The Labute approximate surface area is 257 Å². The van der Waals surface area contributed by atoms with E-state index in [1.165, 1.54) is 11.4 Å². The molecule has 0 radical (unpaired) electrons. The van der Waals surface area contributed by atoms with Crippen LogP contribution < -0.4 is 0 Å². The number of hydrogen-bond acceptors (Lipinski definition) is 10. The summed E-state index contributed by atoms with van der Waals surface area (Å²) in [5.74, 6) is 1.32. The second kappa shape index (κ2) is 21.7. The molecule has 0 aromatic heterocycles. The maximum atomic E-state index is 10.4. The van der Waals surface area contributed by atoms with Gasteiger partial charge in [-0.2, -0.15) is 0 Å². The van der Waals surface area contributed by atoms with Crippen molar-refractivity contribution in [2.24, 2.45) is 21.8 Å². The van der Waals surface area contributed by atoms with Crippen molar-refractivity contribution in [3.8, 4) is 0 Å². The molecule has 10 nitrogen and oxygen atoms in total. The van der Waals surface area contributed by atoms with Gasteiger partial charge in [-0.15, -0.1) is 0 Å². The summed E-state index contributed by atoms with van der Waals surface area (Å²) in [6.07, 6.45) is 1.16. The number of β-amino-alcohol motifs (C(OH)–C–C–N with tert-alkyl or cyclic N) is 2. The van der Waals surface area contributed by atoms with Crippen molar-refractivity contribution in [3.05, 3.63) is 0 Å². The molecule has 0 saturated carbocycles. The molecule has 2 unspecified atom stereocenters. The molecule has 0 aromatic carbocycles. The van der Waals surface area contributed by atoms with E-state index in [0.717, 1.165) is 91.4 Å². The quantitative estimate of drug-likeness (QED) is 0.154. The van der Waals surface area contributed by atoms with Gasteiger partial charge in [0, 0.05) is 90.0 Å². The van der Waals surface area contributed by atoms with Gasteiger partial charge in [-0.3, -0.25) is 29.6 Å². The molecule has 2 N–H and O–H groups in total. The Hall–Kier alpha value is -0.980. The van der Waals surface area contributed by atoms with E-state index in [-0.39, 0.29) is 0 Å². The van der Waals surface area contributed by atoms with Crippen LogP contribution in [-0.4, -0.2) is 171 Å². The molecule has 2 heterocycles. The maximum Gasteiger partial charge on any atom is 0.0900 e. The van der Waals surface area contributed by atoms with Crippen LogP contribution in [-0.2, 0) is 9.47 Å². The molecule has 2 saturated heterocycles. The second-order valence-electron chi connectivity index (χ2n) is 13.2. The fraction of sp³-hybridized carbons (Fsp3) is 0.938. The molecular weight excluding hydrogens is 532 g/mol. The highest BCUT2D eigenvalue weighted by molar-refractivity contribution is 5.82. The number of aliphatic hydroxyl groups is 2. The van der Waals surface area contributed by atoms with E-state index in [2.05, 4.69) is 61.1 Å². The molecule has 2 aliphatic rings. The number of piperazine rings is 2. The Bertz CT molecular complexity index is 687. The molecule has 42 heavy (non-hydrogen) atoms. The number of hydrogen-bond donors (Lipinski definition) is 2. The number of nitrogens with zero attached hydrogens (tertiary/aromatic N) is 6. The number of ether oxygens (including phenoxy) is 2. The summed E-state index contributed by atoms with van der Waals surface area (Å²) in [5.41, 5.74) is 2.50. The van der Waals surface area contributed by atoms with Crippen LogP contribution in [0.15, 0.2) is 9.98 Å². The lowest BCUT2D eigenvalue weighted by molar-refractivity contribution is -0.0325. The SMILES string of the molecule is CC(CC(C)C)=NCCN1CCN(CC(O)COCCOCC(O)CN2CCN(CCN=C(C)CC(C)C)CC2)CC1. The molecule has 2 fully saturated rings. The van der Waals surface area contributed by atoms with Gasteiger partial charge in [0.2, 0.25) is 0 Å². The Kier molecular flexibility index (Phi) is 19.2. The molecule has 0 amide bonds. The summed E-state index contributed by atoms with van der Waals surface area (Å²) in [5, 5.41) is 20.8. The van der Waals surface area contributed by atoms with E-state index in [9.17, 15) is 10.2 Å². The van der Waals surface area contributed by atoms with Gasteiger partial charge in [-0.05, 0) is 38.5 Å². The van der Waals surface area contributed by atoms with Gasteiger partial charge < -0.3 is 19.7 Å². The second-order valence-corrected chi connectivity index (χ2v) is 13.2. The van der Waals surface area contributed by atoms with Crippen LogP contribution >= 0.6 is 0 Å². The first-order chi connectivity index (χ1) is 20.1. The summed E-state index contributed by atoms with van der Waals surface area (Å²) >= 11 is 0. The highest BCUT2D eigenvalue weighted by Crippen LogP contribution is 2.06. The predicted molar refractivity (Wildman–Crippen MR) is 174 cm³/mol. The predicted octanol–water partition coefficient (Wildman–Crippen LogP) is 1.99. The zero-order valence-corrected chi connectivity index (χ0v) is 27.8. The normalized spacial score (nSPS) is 20.6. The molecule has 10 heteroatoms. The third kappa shape index (κ3) is 18.0. The molecule has 0 aromatic rings. The Morgan fingerprint density at radius 3 is 1.26 bits per heavy atom. The molecule has 2 rings (SSSR count).